The molecular weight excluding hydrogens is 267 g/mol. The predicted octanol–water partition coefficient (Wildman–Crippen LogP) is 4.12. The number of imidazole rings is 1. The van der Waals surface area contributed by atoms with Gasteiger partial charge in [-0.1, -0.05) is 6.07 Å². The Bertz CT molecular complexity index is 704. The molecule has 0 fully saturated rings. The molecule has 1 aromatic carbocycles. The zero-order valence-electron chi connectivity index (χ0n) is 10.3. The molecule has 0 bridgehead atoms. The largest absolute Gasteiger partial charge is 0.472 e. The molecule has 0 saturated heterocycles. The van der Waals surface area contributed by atoms with E-state index >= 15 is 0 Å². The second-order valence-electron chi connectivity index (χ2n) is 4.41. The maximum atomic E-state index is 13.8. The number of benzene rings is 1. The summed E-state index contributed by atoms with van der Waals surface area (Å²) in [6.45, 7) is 2.38. The van der Waals surface area contributed by atoms with Crippen molar-refractivity contribution in [2.75, 3.05) is 0 Å². The van der Waals surface area contributed by atoms with Crippen molar-refractivity contribution in [1.82, 2.24) is 9.55 Å². The van der Waals surface area contributed by atoms with Gasteiger partial charge in [0.1, 0.15) is 11.3 Å². The quantitative estimate of drug-likeness (QED) is 0.675. The molecule has 0 aliphatic heterocycles. The lowest BCUT2D eigenvalue weighted by Crippen LogP contribution is -2.05. The molecule has 3 aromatic rings. The molecule has 3 rings (SSSR count). The number of para-hydroxylation sites is 1. The Balaban J connectivity index is 2.19. The normalized spacial score (nSPS) is 13.0. The smallest absolute Gasteiger partial charge is 0.151 e. The van der Waals surface area contributed by atoms with E-state index in [0.29, 0.717) is 17.9 Å². The van der Waals surface area contributed by atoms with Crippen molar-refractivity contribution in [3.63, 3.8) is 0 Å². The Labute approximate surface area is 114 Å². The van der Waals surface area contributed by atoms with Gasteiger partial charge < -0.3 is 8.98 Å². The van der Waals surface area contributed by atoms with Crippen LogP contribution in [0.15, 0.2) is 41.2 Å². The molecule has 19 heavy (non-hydrogen) atoms. The Morgan fingerprint density at radius 1 is 1.42 bits per heavy atom. The Morgan fingerprint density at radius 2 is 2.26 bits per heavy atom. The number of rotatable bonds is 3. The molecule has 0 spiro atoms. The summed E-state index contributed by atoms with van der Waals surface area (Å²) >= 11 is 6.14. The molecular formula is C14H12ClFN2O. The highest BCUT2D eigenvalue weighted by Gasteiger charge is 2.17. The third kappa shape index (κ3) is 2.12. The van der Waals surface area contributed by atoms with E-state index in [0.717, 1.165) is 11.1 Å². The molecule has 2 aromatic heterocycles. The van der Waals surface area contributed by atoms with Gasteiger partial charge in [0.25, 0.3) is 0 Å². The van der Waals surface area contributed by atoms with E-state index in [1.807, 2.05) is 23.6 Å². The molecule has 1 unspecified atom stereocenters. The van der Waals surface area contributed by atoms with E-state index in [4.69, 9.17) is 16.0 Å². The monoisotopic (exact) mass is 278 g/mol. The van der Waals surface area contributed by atoms with Crippen molar-refractivity contribution in [1.29, 1.82) is 0 Å². The van der Waals surface area contributed by atoms with Gasteiger partial charge in [-0.2, -0.15) is 0 Å². The fourth-order valence-corrected chi connectivity index (χ4v) is 2.33. The van der Waals surface area contributed by atoms with E-state index in [-0.39, 0.29) is 11.2 Å². The van der Waals surface area contributed by atoms with E-state index < -0.39 is 0 Å². The number of halogens is 2. The first-order chi connectivity index (χ1) is 9.16. The second-order valence-corrected chi connectivity index (χ2v) is 5.07. The Hall–Kier alpha value is -1.81. The van der Waals surface area contributed by atoms with Gasteiger partial charge in [-0.15, -0.1) is 11.6 Å². The Morgan fingerprint density at radius 3 is 2.95 bits per heavy atom. The van der Waals surface area contributed by atoms with Crippen molar-refractivity contribution < 1.29 is 8.81 Å². The van der Waals surface area contributed by atoms with Crippen LogP contribution in [-0.2, 0) is 6.54 Å². The second kappa shape index (κ2) is 4.70. The van der Waals surface area contributed by atoms with Crippen LogP contribution in [0.2, 0.25) is 0 Å². The van der Waals surface area contributed by atoms with Crippen molar-refractivity contribution in [2.24, 2.45) is 0 Å². The average molecular weight is 279 g/mol. The predicted molar refractivity (Wildman–Crippen MR) is 71.8 cm³/mol. The summed E-state index contributed by atoms with van der Waals surface area (Å²) < 4.78 is 20.8. The van der Waals surface area contributed by atoms with Crippen molar-refractivity contribution in [3.05, 3.63) is 54.0 Å². The van der Waals surface area contributed by atoms with Crippen LogP contribution in [0, 0.1) is 5.82 Å². The Kier molecular flexibility index (Phi) is 3.03. The van der Waals surface area contributed by atoms with Crippen LogP contribution in [0.5, 0.6) is 0 Å². The van der Waals surface area contributed by atoms with Crippen LogP contribution in [0.3, 0.4) is 0 Å². The fraction of sp³-hybridized carbons (Fsp3) is 0.214. The van der Waals surface area contributed by atoms with Gasteiger partial charge in [0.15, 0.2) is 5.82 Å². The van der Waals surface area contributed by atoms with Crippen molar-refractivity contribution >= 4 is 22.6 Å². The molecule has 0 radical (unpaired) electrons. The number of fused-ring (bicyclic) bond motifs is 1. The standard InChI is InChI=1S/C14H12ClFN2O/c1-9(15)14-17-13-11(16)3-2-4-12(13)18(14)7-10-5-6-19-8-10/h2-6,8-9H,7H2,1H3. The summed E-state index contributed by atoms with van der Waals surface area (Å²) in [5, 5.41) is -0.293. The van der Waals surface area contributed by atoms with Gasteiger partial charge in [-0.25, -0.2) is 9.37 Å². The van der Waals surface area contributed by atoms with Crippen LogP contribution in [0.1, 0.15) is 23.7 Å². The van der Waals surface area contributed by atoms with E-state index in [9.17, 15) is 4.39 Å². The number of alkyl halides is 1. The van der Waals surface area contributed by atoms with Crippen LogP contribution in [-0.4, -0.2) is 9.55 Å². The summed E-state index contributed by atoms with van der Waals surface area (Å²) in [4.78, 5) is 4.32. The first-order valence-electron chi connectivity index (χ1n) is 5.96. The first-order valence-corrected chi connectivity index (χ1v) is 6.40. The third-order valence-corrected chi connectivity index (χ3v) is 3.23. The highest BCUT2D eigenvalue weighted by Crippen LogP contribution is 2.26. The topological polar surface area (TPSA) is 31.0 Å². The summed E-state index contributed by atoms with van der Waals surface area (Å²) in [5.41, 5.74) is 2.08. The van der Waals surface area contributed by atoms with E-state index in [1.54, 1.807) is 18.6 Å². The number of aromatic nitrogens is 2. The first kappa shape index (κ1) is 12.2. The van der Waals surface area contributed by atoms with Crippen molar-refractivity contribution in [3.8, 4) is 0 Å². The maximum absolute atomic E-state index is 13.8. The van der Waals surface area contributed by atoms with Gasteiger partial charge in [0.2, 0.25) is 0 Å². The molecule has 98 valence electrons. The van der Waals surface area contributed by atoms with Gasteiger partial charge in [0.05, 0.1) is 30.0 Å². The third-order valence-electron chi connectivity index (χ3n) is 3.04. The SMILES string of the molecule is CC(Cl)c1nc2c(F)cccc2n1Cc1ccoc1. The average Bonchev–Trinajstić information content (AvgIpc) is 2.99. The zero-order chi connectivity index (χ0) is 13.4. The lowest BCUT2D eigenvalue weighted by atomic mass is 10.3. The molecule has 0 aliphatic rings. The number of furan rings is 1. The molecule has 0 aliphatic carbocycles. The van der Waals surface area contributed by atoms with Gasteiger partial charge >= 0.3 is 0 Å². The number of hydrogen-bond donors (Lipinski definition) is 0. The number of hydrogen-bond acceptors (Lipinski definition) is 2. The van der Waals surface area contributed by atoms with Crippen LogP contribution in [0.25, 0.3) is 11.0 Å². The van der Waals surface area contributed by atoms with Crippen molar-refractivity contribution in [2.45, 2.75) is 18.8 Å². The van der Waals surface area contributed by atoms with Gasteiger partial charge in [0, 0.05) is 5.56 Å². The highest BCUT2D eigenvalue weighted by molar-refractivity contribution is 6.20. The highest BCUT2D eigenvalue weighted by atomic mass is 35.5. The fourth-order valence-electron chi connectivity index (χ4n) is 2.17. The molecule has 0 saturated carbocycles. The molecule has 0 amide bonds. The summed E-state index contributed by atoms with van der Waals surface area (Å²) in [5.74, 6) is 0.324. The minimum atomic E-state index is -0.331. The van der Waals surface area contributed by atoms with Crippen LogP contribution in [0.4, 0.5) is 4.39 Å². The zero-order valence-corrected chi connectivity index (χ0v) is 11.1. The van der Waals surface area contributed by atoms with Gasteiger partial charge in [-0.05, 0) is 25.1 Å². The van der Waals surface area contributed by atoms with E-state index in [1.165, 1.54) is 6.07 Å². The molecule has 2 heterocycles. The van der Waals surface area contributed by atoms with E-state index in [2.05, 4.69) is 4.98 Å². The van der Waals surface area contributed by atoms with Gasteiger partial charge in [-0.3, -0.25) is 0 Å². The lowest BCUT2D eigenvalue weighted by molar-refractivity contribution is 0.562. The van der Waals surface area contributed by atoms with Crippen LogP contribution < -0.4 is 0 Å². The minimum Gasteiger partial charge on any atom is -0.472 e. The maximum Gasteiger partial charge on any atom is 0.151 e. The molecule has 3 nitrogen and oxygen atoms in total. The minimum absolute atomic E-state index is 0.293. The molecule has 0 N–H and O–H groups in total. The molecule has 1 atom stereocenters. The number of nitrogens with zero attached hydrogens (tertiary/aromatic N) is 2. The summed E-state index contributed by atoms with van der Waals surface area (Å²) in [6, 6.07) is 6.79. The van der Waals surface area contributed by atoms with Crippen LogP contribution >= 0.6 is 11.6 Å². The summed E-state index contributed by atoms with van der Waals surface area (Å²) in [7, 11) is 0. The lowest BCUT2D eigenvalue weighted by Gasteiger charge is -2.09. The summed E-state index contributed by atoms with van der Waals surface area (Å²) in [6.07, 6.45) is 3.27. The molecule has 5 heteroatoms.